The Hall–Kier alpha value is 0.986. The monoisotopic (exact) mass is 446 g/mol. The van der Waals surface area contributed by atoms with E-state index >= 15 is 0 Å². The number of aliphatic hydroxyl groups is 3. The Morgan fingerprint density at radius 1 is 1.07 bits per heavy atom. The van der Waals surface area contributed by atoms with Gasteiger partial charge in [0.1, 0.15) is 0 Å². The molecule has 4 aliphatic carbocycles. The van der Waals surface area contributed by atoms with Crippen molar-refractivity contribution in [1.29, 1.82) is 0 Å². The molecule has 4 fully saturated rings. The molecular weight excluding hydrogens is 407 g/mol. The van der Waals surface area contributed by atoms with Crippen LogP contribution in [0.15, 0.2) is 0 Å². The van der Waals surface area contributed by atoms with Gasteiger partial charge in [0.2, 0.25) is 0 Å². The van der Waals surface area contributed by atoms with Gasteiger partial charge in [-0.2, -0.15) is 0 Å². The molecule has 4 saturated carbocycles. The van der Waals surface area contributed by atoms with Crippen molar-refractivity contribution in [3.05, 3.63) is 0 Å². The van der Waals surface area contributed by atoms with E-state index in [0.717, 1.165) is 44.9 Å². The van der Waals surface area contributed by atoms with Gasteiger partial charge in [0.15, 0.2) is 0 Å². The average molecular weight is 447 g/mol. The molecule has 0 amide bonds. The van der Waals surface area contributed by atoms with Crippen LogP contribution in [0.4, 0.5) is 0 Å². The van der Waals surface area contributed by atoms with Crippen molar-refractivity contribution >= 4 is 5.97 Å². The third kappa shape index (κ3) is 4.04. The molecule has 0 aromatic heterocycles. The van der Waals surface area contributed by atoms with Crippen LogP contribution in [-0.4, -0.2) is 39.6 Å². The minimum Gasteiger partial charge on any atom is -0.550 e. The van der Waals surface area contributed by atoms with E-state index in [1.807, 2.05) is 0 Å². The largest absolute Gasteiger partial charge is 1.00 e. The summed E-state index contributed by atoms with van der Waals surface area (Å²) in [6.45, 7) is 6.67. The number of carbonyl (C=O) groups excluding carboxylic acids is 1. The molecule has 0 aliphatic heterocycles. The molecule has 11 atom stereocenters. The maximum absolute atomic E-state index is 11.5. The number of carboxylic acids is 1. The molecule has 6 heteroatoms. The van der Waals surface area contributed by atoms with Gasteiger partial charge in [0.25, 0.3) is 0 Å². The first-order chi connectivity index (χ1) is 13.6. The van der Waals surface area contributed by atoms with Crippen LogP contribution < -0.4 is 56.5 Å². The van der Waals surface area contributed by atoms with Gasteiger partial charge in [-0.1, -0.05) is 20.8 Å². The van der Waals surface area contributed by atoms with Crippen LogP contribution in [0.25, 0.3) is 0 Å². The van der Waals surface area contributed by atoms with Crippen LogP contribution in [0.1, 0.15) is 78.6 Å². The SMILES string of the molecule is CC(CCC(=O)[O-])C1CCC2C3C(O)CC4CC(O)CCC4(C)C3CC(O)C12C.[K+]. The van der Waals surface area contributed by atoms with Crippen molar-refractivity contribution in [2.24, 2.45) is 46.3 Å². The predicted molar refractivity (Wildman–Crippen MR) is 107 cm³/mol. The maximum atomic E-state index is 11.5. The van der Waals surface area contributed by atoms with Gasteiger partial charge >= 0.3 is 51.4 Å². The zero-order chi connectivity index (χ0) is 21.1. The summed E-state index contributed by atoms with van der Waals surface area (Å²) in [5.41, 5.74) is -0.172. The second-order valence-electron chi connectivity index (χ2n) is 11.4. The number of fused-ring (bicyclic) bond motifs is 5. The minimum atomic E-state index is -0.998. The molecule has 0 aromatic rings. The second kappa shape index (κ2) is 9.32. The summed E-state index contributed by atoms with van der Waals surface area (Å²) in [6.07, 6.45) is 5.72. The summed E-state index contributed by atoms with van der Waals surface area (Å²) in [6, 6.07) is 0. The fraction of sp³-hybridized carbons (Fsp3) is 0.958. The number of aliphatic hydroxyl groups excluding tert-OH is 3. The van der Waals surface area contributed by atoms with Crippen LogP contribution >= 0.6 is 0 Å². The molecule has 0 spiro atoms. The summed E-state index contributed by atoms with van der Waals surface area (Å²) >= 11 is 0. The van der Waals surface area contributed by atoms with Crippen molar-refractivity contribution in [3.8, 4) is 0 Å². The van der Waals surface area contributed by atoms with E-state index in [9.17, 15) is 25.2 Å². The Kier molecular flexibility index (Phi) is 7.96. The van der Waals surface area contributed by atoms with Gasteiger partial charge in [-0.25, -0.2) is 0 Å². The summed E-state index contributed by atoms with van der Waals surface area (Å²) in [5.74, 6) is 0.635. The Bertz CT molecular complexity index is 643. The number of carbonyl (C=O) groups is 1. The molecule has 11 unspecified atom stereocenters. The van der Waals surface area contributed by atoms with Crippen molar-refractivity contribution in [1.82, 2.24) is 0 Å². The average Bonchev–Trinajstić information content (AvgIpc) is 3.01. The molecule has 0 aromatic carbocycles. The molecule has 4 aliphatic rings. The molecule has 4 rings (SSSR count). The molecule has 30 heavy (non-hydrogen) atoms. The van der Waals surface area contributed by atoms with Crippen molar-refractivity contribution in [3.63, 3.8) is 0 Å². The van der Waals surface area contributed by atoms with E-state index in [4.69, 9.17) is 0 Å². The van der Waals surface area contributed by atoms with E-state index in [0.29, 0.717) is 18.3 Å². The van der Waals surface area contributed by atoms with Crippen molar-refractivity contribution < 1.29 is 76.6 Å². The van der Waals surface area contributed by atoms with E-state index in [-0.39, 0.29) is 105 Å². The zero-order valence-corrected chi connectivity index (χ0v) is 22.3. The second-order valence-corrected chi connectivity index (χ2v) is 11.4. The van der Waals surface area contributed by atoms with Crippen molar-refractivity contribution in [2.45, 2.75) is 96.9 Å². The van der Waals surface area contributed by atoms with Crippen LogP contribution in [0.5, 0.6) is 0 Å². The summed E-state index contributed by atoms with van der Waals surface area (Å²) < 4.78 is 0. The number of rotatable bonds is 4. The summed E-state index contributed by atoms with van der Waals surface area (Å²) in [5, 5.41) is 43.9. The fourth-order valence-electron chi connectivity index (χ4n) is 8.68. The Labute approximate surface area is 223 Å². The van der Waals surface area contributed by atoms with Gasteiger partial charge in [0, 0.05) is 5.97 Å². The Morgan fingerprint density at radius 3 is 2.43 bits per heavy atom. The zero-order valence-electron chi connectivity index (χ0n) is 19.2. The molecule has 0 saturated heterocycles. The quantitative estimate of drug-likeness (QED) is 0.487. The fourth-order valence-corrected chi connectivity index (χ4v) is 8.68. The first kappa shape index (κ1) is 25.6. The summed E-state index contributed by atoms with van der Waals surface area (Å²) in [4.78, 5) is 11.0. The van der Waals surface area contributed by atoms with Gasteiger partial charge in [-0.3, -0.25) is 0 Å². The molecule has 0 radical (unpaired) electrons. The van der Waals surface area contributed by atoms with Gasteiger partial charge < -0.3 is 25.2 Å². The molecule has 3 N–H and O–H groups in total. The van der Waals surface area contributed by atoms with Crippen LogP contribution in [0.2, 0.25) is 0 Å². The number of hydrogen-bond acceptors (Lipinski definition) is 5. The smallest absolute Gasteiger partial charge is 0.550 e. The van der Waals surface area contributed by atoms with Gasteiger partial charge in [0.05, 0.1) is 18.3 Å². The van der Waals surface area contributed by atoms with Gasteiger partial charge in [-0.15, -0.1) is 0 Å². The van der Waals surface area contributed by atoms with Crippen molar-refractivity contribution in [2.75, 3.05) is 0 Å². The van der Waals surface area contributed by atoms with Gasteiger partial charge in [-0.05, 0) is 104 Å². The van der Waals surface area contributed by atoms with E-state index < -0.39 is 12.1 Å². The predicted octanol–water partition coefficient (Wildman–Crippen LogP) is -0.882. The Morgan fingerprint density at radius 2 is 1.77 bits per heavy atom. The number of aliphatic carboxylic acids is 1. The first-order valence-corrected chi connectivity index (χ1v) is 11.8. The van der Waals surface area contributed by atoms with Crippen LogP contribution in [-0.2, 0) is 4.79 Å². The van der Waals surface area contributed by atoms with E-state index in [1.165, 1.54) is 0 Å². The normalized spacial score (nSPS) is 51.1. The first-order valence-electron chi connectivity index (χ1n) is 11.8. The van der Waals surface area contributed by atoms with Crippen LogP contribution in [0, 0.1) is 46.3 Å². The Balaban J connectivity index is 0.00000256. The maximum Gasteiger partial charge on any atom is 1.00 e. The minimum absolute atomic E-state index is 0. The molecule has 166 valence electrons. The molecule has 0 bridgehead atoms. The molecular formula is C24H39KO5. The third-order valence-corrected chi connectivity index (χ3v) is 10.3. The topological polar surface area (TPSA) is 101 Å². The summed E-state index contributed by atoms with van der Waals surface area (Å²) in [7, 11) is 0. The van der Waals surface area contributed by atoms with Crippen LogP contribution in [0.3, 0.4) is 0 Å². The number of carboxylic acid groups (broad SMARTS) is 1. The molecule has 5 nitrogen and oxygen atoms in total. The standard InChI is InChI=1S/C24H40O5.K/c1-13(4-7-21(28)29)16-5-6-17-22-18(12-20(27)24(16,17)3)23(2)9-8-15(25)10-14(23)11-19(22)26;/h13-20,22,25-27H,4-12H2,1-3H3,(H,28,29);/q;+1/p-1. The number of hydrogen-bond donors (Lipinski definition) is 3. The molecule has 0 heterocycles. The van der Waals surface area contributed by atoms with E-state index in [2.05, 4.69) is 20.8 Å². The third-order valence-electron chi connectivity index (χ3n) is 10.3. The van der Waals surface area contributed by atoms with E-state index in [1.54, 1.807) is 0 Å².